The molecule has 2 aromatic heterocycles. The third-order valence-corrected chi connectivity index (χ3v) is 4.69. The Kier molecular flexibility index (Phi) is 5.22. The number of hydrogen-bond acceptors (Lipinski definition) is 5. The Morgan fingerprint density at radius 2 is 1.83 bits per heavy atom. The molecule has 2 heterocycles. The van der Waals surface area contributed by atoms with Gasteiger partial charge in [-0.05, 0) is 60.5 Å². The SMILES string of the molecule is CNC(=O)c1ccc(Nc2nc3c(-c4ccc(CCN)cc4)cccn3n2)cc1. The van der Waals surface area contributed by atoms with Gasteiger partial charge >= 0.3 is 0 Å². The van der Waals surface area contributed by atoms with E-state index in [9.17, 15) is 4.79 Å². The largest absolute Gasteiger partial charge is 0.355 e. The van der Waals surface area contributed by atoms with E-state index >= 15 is 0 Å². The summed E-state index contributed by atoms with van der Waals surface area (Å²) in [7, 11) is 1.61. The highest BCUT2D eigenvalue weighted by Gasteiger charge is 2.10. The number of pyridine rings is 1. The van der Waals surface area contributed by atoms with E-state index in [-0.39, 0.29) is 5.91 Å². The van der Waals surface area contributed by atoms with Crippen molar-refractivity contribution < 1.29 is 4.79 Å². The van der Waals surface area contributed by atoms with E-state index in [0.29, 0.717) is 18.1 Å². The molecule has 0 bridgehead atoms. The number of nitrogens with zero attached hydrogens (tertiary/aromatic N) is 3. The Balaban J connectivity index is 1.61. The van der Waals surface area contributed by atoms with E-state index < -0.39 is 0 Å². The molecule has 4 aromatic rings. The molecule has 0 aliphatic heterocycles. The molecule has 0 aliphatic carbocycles. The summed E-state index contributed by atoms with van der Waals surface area (Å²) >= 11 is 0. The molecule has 0 radical (unpaired) electrons. The fraction of sp³-hybridized carbons (Fsp3) is 0.136. The quantitative estimate of drug-likeness (QED) is 0.473. The number of carbonyl (C=O) groups excluding carboxylic acids is 1. The molecular formula is C22H22N6O. The van der Waals surface area contributed by atoms with Gasteiger partial charge in [-0.1, -0.05) is 24.3 Å². The van der Waals surface area contributed by atoms with Crippen molar-refractivity contribution in [3.63, 3.8) is 0 Å². The molecule has 4 rings (SSSR count). The van der Waals surface area contributed by atoms with E-state index in [0.717, 1.165) is 28.9 Å². The predicted molar refractivity (Wildman–Crippen MR) is 114 cm³/mol. The molecule has 4 N–H and O–H groups in total. The molecular weight excluding hydrogens is 364 g/mol. The van der Waals surface area contributed by atoms with Crippen LogP contribution in [0.2, 0.25) is 0 Å². The molecule has 29 heavy (non-hydrogen) atoms. The van der Waals surface area contributed by atoms with Crippen LogP contribution in [0.1, 0.15) is 15.9 Å². The number of aromatic nitrogens is 3. The molecule has 0 aliphatic rings. The van der Waals surface area contributed by atoms with Crippen LogP contribution < -0.4 is 16.4 Å². The highest BCUT2D eigenvalue weighted by molar-refractivity contribution is 5.94. The van der Waals surface area contributed by atoms with E-state index in [4.69, 9.17) is 5.73 Å². The van der Waals surface area contributed by atoms with Crippen molar-refractivity contribution in [3.05, 3.63) is 78.0 Å². The third kappa shape index (κ3) is 3.95. The van der Waals surface area contributed by atoms with Crippen molar-refractivity contribution >= 4 is 23.2 Å². The van der Waals surface area contributed by atoms with Gasteiger partial charge in [0.25, 0.3) is 5.91 Å². The van der Waals surface area contributed by atoms with Crippen LogP contribution in [0.5, 0.6) is 0 Å². The zero-order valence-electron chi connectivity index (χ0n) is 16.1. The number of fused-ring (bicyclic) bond motifs is 1. The van der Waals surface area contributed by atoms with Gasteiger partial charge in [0.05, 0.1) is 0 Å². The number of nitrogens with one attached hydrogen (secondary N) is 2. The Morgan fingerprint density at radius 3 is 2.52 bits per heavy atom. The molecule has 0 unspecified atom stereocenters. The number of carbonyl (C=O) groups is 1. The Labute approximate surface area is 168 Å². The average molecular weight is 386 g/mol. The van der Waals surface area contributed by atoms with Gasteiger partial charge in [-0.2, -0.15) is 4.98 Å². The van der Waals surface area contributed by atoms with E-state index in [2.05, 4.69) is 45.0 Å². The summed E-state index contributed by atoms with van der Waals surface area (Å²) in [5.74, 6) is 0.370. The summed E-state index contributed by atoms with van der Waals surface area (Å²) in [6.45, 7) is 0.637. The number of rotatable bonds is 6. The highest BCUT2D eigenvalue weighted by Crippen LogP contribution is 2.25. The van der Waals surface area contributed by atoms with Crippen LogP contribution in [-0.4, -0.2) is 34.1 Å². The molecule has 146 valence electrons. The van der Waals surface area contributed by atoms with E-state index in [1.165, 1.54) is 5.56 Å². The summed E-state index contributed by atoms with van der Waals surface area (Å²) in [6, 6.07) is 19.5. The van der Waals surface area contributed by atoms with Gasteiger partial charge in [-0.3, -0.25) is 4.79 Å². The zero-order chi connectivity index (χ0) is 20.2. The smallest absolute Gasteiger partial charge is 0.251 e. The molecule has 0 saturated heterocycles. The highest BCUT2D eigenvalue weighted by atomic mass is 16.1. The van der Waals surface area contributed by atoms with Gasteiger partial charge in [0, 0.05) is 30.1 Å². The molecule has 1 amide bonds. The number of amides is 1. The second-order valence-corrected chi connectivity index (χ2v) is 6.64. The molecule has 0 spiro atoms. The lowest BCUT2D eigenvalue weighted by atomic mass is 10.0. The summed E-state index contributed by atoms with van der Waals surface area (Å²) in [5.41, 5.74) is 11.1. The van der Waals surface area contributed by atoms with Gasteiger partial charge in [0.2, 0.25) is 5.95 Å². The molecule has 7 nitrogen and oxygen atoms in total. The standard InChI is InChI=1S/C22H22N6O/c1-24-21(29)17-8-10-18(11-9-17)25-22-26-20-19(3-2-14-28(20)27-22)16-6-4-15(5-7-16)12-13-23/h2-11,14H,12-13,23H2,1H3,(H,24,29)(H,25,27). The lowest BCUT2D eigenvalue weighted by Gasteiger charge is -2.04. The van der Waals surface area contributed by atoms with Gasteiger partial charge in [-0.15, -0.1) is 5.10 Å². The molecule has 0 fully saturated rings. The minimum Gasteiger partial charge on any atom is -0.355 e. The van der Waals surface area contributed by atoms with Crippen LogP contribution in [-0.2, 0) is 6.42 Å². The minimum atomic E-state index is -0.121. The summed E-state index contributed by atoms with van der Waals surface area (Å²) in [6.07, 6.45) is 2.73. The first kappa shape index (κ1) is 18.6. The summed E-state index contributed by atoms with van der Waals surface area (Å²) in [4.78, 5) is 16.3. The maximum atomic E-state index is 11.7. The fourth-order valence-electron chi connectivity index (χ4n) is 3.18. The first-order chi connectivity index (χ1) is 14.2. The van der Waals surface area contributed by atoms with Crippen molar-refractivity contribution in [2.24, 2.45) is 5.73 Å². The van der Waals surface area contributed by atoms with Gasteiger partial charge in [0.15, 0.2) is 5.65 Å². The van der Waals surface area contributed by atoms with Crippen molar-refractivity contribution in [3.8, 4) is 11.1 Å². The Hall–Kier alpha value is -3.71. The predicted octanol–water partition coefficient (Wildman–Crippen LogP) is 3.00. The monoisotopic (exact) mass is 386 g/mol. The van der Waals surface area contributed by atoms with Crippen LogP contribution in [0, 0.1) is 0 Å². The summed E-state index contributed by atoms with van der Waals surface area (Å²) < 4.78 is 1.75. The van der Waals surface area contributed by atoms with Crippen LogP contribution in [0.3, 0.4) is 0 Å². The fourth-order valence-corrected chi connectivity index (χ4v) is 3.18. The van der Waals surface area contributed by atoms with Gasteiger partial charge in [-0.25, -0.2) is 4.52 Å². The van der Waals surface area contributed by atoms with Crippen molar-refractivity contribution in [2.45, 2.75) is 6.42 Å². The first-order valence-corrected chi connectivity index (χ1v) is 9.42. The van der Waals surface area contributed by atoms with Gasteiger partial charge < -0.3 is 16.4 Å². The van der Waals surface area contributed by atoms with Crippen LogP contribution in [0.25, 0.3) is 16.8 Å². The van der Waals surface area contributed by atoms with E-state index in [1.54, 1.807) is 23.7 Å². The second kappa shape index (κ2) is 8.12. The average Bonchev–Trinajstić information content (AvgIpc) is 3.17. The summed E-state index contributed by atoms with van der Waals surface area (Å²) in [5, 5.41) is 10.3. The molecule has 0 atom stereocenters. The van der Waals surface area contributed by atoms with Crippen LogP contribution >= 0.6 is 0 Å². The Bertz CT molecular complexity index is 1130. The number of nitrogens with two attached hydrogens (primary N) is 1. The van der Waals surface area contributed by atoms with Gasteiger partial charge in [0.1, 0.15) is 0 Å². The first-order valence-electron chi connectivity index (χ1n) is 9.42. The minimum absolute atomic E-state index is 0.121. The maximum absolute atomic E-state index is 11.7. The van der Waals surface area contributed by atoms with Crippen LogP contribution in [0.4, 0.5) is 11.6 Å². The lowest BCUT2D eigenvalue weighted by Crippen LogP contribution is -2.17. The normalized spacial score (nSPS) is 10.8. The number of anilines is 2. The number of benzene rings is 2. The van der Waals surface area contributed by atoms with Crippen molar-refractivity contribution in [2.75, 3.05) is 18.9 Å². The van der Waals surface area contributed by atoms with Crippen molar-refractivity contribution in [1.82, 2.24) is 19.9 Å². The molecule has 7 heteroatoms. The molecule has 0 saturated carbocycles. The third-order valence-electron chi connectivity index (χ3n) is 4.69. The van der Waals surface area contributed by atoms with Crippen LogP contribution in [0.15, 0.2) is 66.9 Å². The zero-order valence-corrected chi connectivity index (χ0v) is 16.1. The second-order valence-electron chi connectivity index (χ2n) is 6.64. The molecule has 2 aromatic carbocycles. The number of hydrogen-bond donors (Lipinski definition) is 3. The van der Waals surface area contributed by atoms with Crippen molar-refractivity contribution in [1.29, 1.82) is 0 Å². The van der Waals surface area contributed by atoms with E-state index in [1.807, 2.05) is 30.5 Å². The lowest BCUT2D eigenvalue weighted by molar-refractivity contribution is 0.0963. The Morgan fingerprint density at radius 1 is 1.07 bits per heavy atom. The maximum Gasteiger partial charge on any atom is 0.251 e. The topological polar surface area (TPSA) is 97.3 Å².